The van der Waals surface area contributed by atoms with Crippen molar-refractivity contribution in [3.05, 3.63) is 44.4 Å². The molecule has 0 radical (unpaired) electrons. The Morgan fingerprint density at radius 2 is 2.11 bits per heavy atom. The van der Waals surface area contributed by atoms with E-state index in [-0.39, 0.29) is 29.1 Å². The number of carbonyl (C=O) groups is 1. The number of rotatable bonds is 4. The van der Waals surface area contributed by atoms with Gasteiger partial charge >= 0.3 is 0 Å². The fourth-order valence-corrected chi connectivity index (χ4v) is 3.39. The van der Waals surface area contributed by atoms with E-state index in [0.717, 1.165) is 29.3 Å². The van der Waals surface area contributed by atoms with Gasteiger partial charge in [-0.3, -0.25) is 14.9 Å². The monoisotopic (exact) mass is 325 g/mol. The number of hydrogen-bond acceptors (Lipinski definition) is 3. The van der Waals surface area contributed by atoms with Gasteiger partial charge in [0.15, 0.2) is 0 Å². The van der Waals surface area contributed by atoms with Gasteiger partial charge in [0.1, 0.15) is 5.78 Å². The normalized spacial score (nSPS) is 21.1. The summed E-state index contributed by atoms with van der Waals surface area (Å²) in [5.41, 5.74) is 0.874. The molecule has 2 rings (SSSR count). The van der Waals surface area contributed by atoms with Gasteiger partial charge in [-0.15, -0.1) is 0 Å². The van der Waals surface area contributed by atoms with E-state index >= 15 is 0 Å². The second kappa shape index (κ2) is 6.28. The van der Waals surface area contributed by atoms with Crippen molar-refractivity contribution >= 4 is 21.7 Å². The van der Waals surface area contributed by atoms with E-state index in [1.165, 1.54) is 0 Å². The molecule has 1 aliphatic carbocycles. The van der Waals surface area contributed by atoms with Crippen molar-refractivity contribution in [1.82, 2.24) is 0 Å². The molecular formula is C14H16BrNO3. The summed E-state index contributed by atoms with van der Waals surface area (Å²) in [4.78, 5) is 22.7. The summed E-state index contributed by atoms with van der Waals surface area (Å²) in [5, 5.41) is 10.9. The smallest absolute Gasteiger partial charge is 0.211 e. The van der Waals surface area contributed by atoms with Crippen LogP contribution in [0, 0.1) is 16.0 Å². The average Bonchev–Trinajstić information content (AvgIpc) is 2.37. The SMILES string of the molecule is O=C1CCCC[C@H]1[C@@H](C[N+](=O)[O-])c1ccccc1Br. The highest BCUT2D eigenvalue weighted by Crippen LogP contribution is 2.37. The van der Waals surface area contributed by atoms with Crippen LogP contribution in [0.5, 0.6) is 0 Å². The van der Waals surface area contributed by atoms with Crippen molar-refractivity contribution in [3.63, 3.8) is 0 Å². The van der Waals surface area contributed by atoms with Gasteiger partial charge in [-0.1, -0.05) is 40.5 Å². The molecule has 0 N–H and O–H groups in total. The first-order valence-corrected chi connectivity index (χ1v) is 7.28. The van der Waals surface area contributed by atoms with Crippen LogP contribution in [-0.4, -0.2) is 17.3 Å². The molecule has 0 amide bonds. The molecule has 0 unspecified atom stereocenters. The molecule has 1 fully saturated rings. The fraction of sp³-hybridized carbons (Fsp3) is 0.500. The first kappa shape index (κ1) is 14.2. The zero-order chi connectivity index (χ0) is 13.8. The highest BCUT2D eigenvalue weighted by Gasteiger charge is 2.35. The van der Waals surface area contributed by atoms with Gasteiger partial charge in [0, 0.05) is 21.7 Å². The lowest BCUT2D eigenvalue weighted by Gasteiger charge is -2.27. The van der Waals surface area contributed by atoms with E-state index in [4.69, 9.17) is 0 Å². The lowest BCUT2D eigenvalue weighted by Crippen LogP contribution is -2.30. The largest absolute Gasteiger partial charge is 0.299 e. The Hall–Kier alpha value is -1.23. The zero-order valence-corrected chi connectivity index (χ0v) is 12.1. The number of benzene rings is 1. The van der Waals surface area contributed by atoms with Gasteiger partial charge in [-0.25, -0.2) is 0 Å². The molecule has 0 aromatic heterocycles. The van der Waals surface area contributed by atoms with Crippen LogP contribution < -0.4 is 0 Å². The number of ketones is 1. The Labute approximate surface area is 120 Å². The molecular weight excluding hydrogens is 310 g/mol. The average molecular weight is 326 g/mol. The molecule has 1 saturated carbocycles. The molecule has 1 aromatic rings. The number of hydrogen-bond donors (Lipinski definition) is 0. The van der Waals surface area contributed by atoms with Crippen LogP contribution in [0.2, 0.25) is 0 Å². The van der Waals surface area contributed by atoms with Crippen molar-refractivity contribution in [2.24, 2.45) is 5.92 Å². The molecule has 1 aromatic carbocycles. The lowest BCUT2D eigenvalue weighted by atomic mass is 9.76. The molecule has 0 spiro atoms. The summed E-state index contributed by atoms with van der Waals surface area (Å²) in [6, 6.07) is 7.48. The molecule has 0 saturated heterocycles. The van der Waals surface area contributed by atoms with Crippen LogP contribution in [0.3, 0.4) is 0 Å². The van der Waals surface area contributed by atoms with Gasteiger partial charge in [0.25, 0.3) is 0 Å². The van der Waals surface area contributed by atoms with Crippen LogP contribution >= 0.6 is 15.9 Å². The van der Waals surface area contributed by atoms with Crippen molar-refractivity contribution < 1.29 is 9.72 Å². The van der Waals surface area contributed by atoms with Crippen molar-refractivity contribution in [2.45, 2.75) is 31.6 Å². The number of halogens is 1. The summed E-state index contributed by atoms with van der Waals surface area (Å²) in [6.07, 6.45) is 3.22. The Kier molecular flexibility index (Phi) is 4.69. The predicted molar refractivity (Wildman–Crippen MR) is 75.7 cm³/mol. The van der Waals surface area contributed by atoms with E-state index in [1.807, 2.05) is 24.3 Å². The molecule has 2 atom stereocenters. The number of nitro groups is 1. The Bertz CT molecular complexity index is 489. The molecule has 19 heavy (non-hydrogen) atoms. The first-order valence-electron chi connectivity index (χ1n) is 6.48. The van der Waals surface area contributed by atoms with Gasteiger partial charge in [0.2, 0.25) is 6.54 Å². The van der Waals surface area contributed by atoms with Crippen molar-refractivity contribution in [1.29, 1.82) is 0 Å². The van der Waals surface area contributed by atoms with Crippen molar-refractivity contribution in [2.75, 3.05) is 6.54 Å². The van der Waals surface area contributed by atoms with Gasteiger partial charge < -0.3 is 0 Å². The first-order chi connectivity index (χ1) is 9.09. The summed E-state index contributed by atoms with van der Waals surface area (Å²) >= 11 is 3.44. The van der Waals surface area contributed by atoms with Crippen LogP contribution in [0.25, 0.3) is 0 Å². The molecule has 0 aliphatic heterocycles. The van der Waals surface area contributed by atoms with Gasteiger partial charge in [-0.05, 0) is 24.5 Å². The van der Waals surface area contributed by atoms with E-state index in [1.54, 1.807) is 0 Å². The maximum Gasteiger partial charge on any atom is 0.211 e. The molecule has 0 bridgehead atoms. The predicted octanol–water partition coefficient (Wildman–Crippen LogP) is 3.57. The van der Waals surface area contributed by atoms with Crippen LogP contribution in [0.4, 0.5) is 0 Å². The maximum atomic E-state index is 12.1. The minimum absolute atomic E-state index is 0.175. The van der Waals surface area contributed by atoms with Crippen LogP contribution in [0.1, 0.15) is 37.2 Å². The summed E-state index contributed by atoms with van der Waals surface area (Å²) in [7, 11) is 0. The minimum atomic E-state index is -0.321. The molecule has 102 valence electrons. The number of carbonyl (C=O) groups excluding carboxylic acids is 1. The second-order valence-electron chi connectivity index (χ2n) is 4.96. The third-order valence-corrected chi connectivity index (χ3v) is 4.46. The topological polar surface area (TPSA) is 60.2 Å². The lowest BCUT2D eigenvalue weighted by molar-refractivity contribution is -0.484. The van der Waals surface area contributed by atoms with Crippen LogP contribution in [-0.2, 0) is 4.79 Å². The van der Waals surface area contributed by atoms with E-state index < -0.39 is 0 Å². The van der Waals surface area contributed by atoms with E-state index in [9.17, 15) is 14.9 Å². The second-order valence-corrected chi connectivity index (χ2v) is 5.82. The van der Waals surface area contributed by atoms with E-state index in [0.29, 0.717) is 6.42 Å². The van der Waals surface area contributed by atoms with Gasteiger partial charge in [0.05, 0.1) is 5.92 Å². The highest BCUT2D eigenvalue weighted by molar-refractivity contribution is 9.10. The van der Waals surface area contributed by atoms with Gasteiger partial charge in [-0.2, -0.15) is 0 Å². The fourth-order valence-electron chi connectivity index (χ4n) is 2.81. The van der Waals surface area contributed by atoms with Crippen molar-refractivity contribution in [3.8, 4) is 0 Å². The van der Waals surface area contributed by atoms with E-state index in [2.05, 4.69) is 15.9 Å². The summed E-state index contributed by atoms with van der Waals surface area (Å²) in [6.45, 7) is -0.182. The third kappa shape index (κ3) is 3.41. The standard InChI is InChI=1S/C14H16BrNO3/c15-13-7-3-1-5-10(13)12(9-16(18)19)11-6-2-4-8-14(11)17/h1,3,5,7,11-12H,2,4,6,8-9H2/t11-,12-/m0/s1. The van der Waals surface area contributed by atoms with Crippen LogP contribution in [0.15, 0.2) is 28.7 Å². The number of Topliss-reactive ketones (excluding diaryl/α,β-unsaturated/α-hetero) is 1. The third-order valence-electron chi connectivity index (χ3n) is 3.74. The Morgan fingerprint density at radius 1 is 1.37 bits per heavy atom. The quantitative estimate of drug-likeness (QED) is 0.628. The molecule has 1 aliphatic rings. The molecule has 5 heteroatoms. The number of nitrogens with zero attached hydrogens (tertiary/aromatic N) is 1. The summed E-state index contributed by atoms with van der Waals surface area (Å²) in [5.74, 6) is -0.356. The maximum absolute atomic E-state index is 12.1. The Balaban J connectivity index is 2.32. The minimum Gasteiger partial charge on any atom is -0.299 e. The Morgan fingerprint density at radius 3 is 2.74 bits per heavy atom. The molecule has 4 nitrogen and oxygen atoms in total. The summed E-state index contributed by atoms with van der Waals surface area (Å²) < 4.78 is 0.847. The molecule has 0 heterocycles. The zero-order valence-electron chi connectivity index (χ0n) is 10.5. The highest BCUT2D eigenvalue weighted by atomic mass is 79.9.